The lowest BCUT2D eigenvalue weighted by atomic mass is 9.75. The monoisotopic (exact) mass is 190 g/mol. The largest absolute Gasteiger partial charge is 0.296 e. The number of carbonyl (C=O) groups excluding carboxylic acids is 1. The van der Waals surface area contributed by atoms with E-state index >= 15 is 0 Å². The van der Waals surface area contributed by atoms with Gasteiger partial charge in [0, 0.05) is 5.92 Å². The van der Waals surface area contributed by atoms with Crippen LogP contribution in [0.5, 0.6) is 0 Å². The van der Waals surface area contributed by atoms with E-state index in [0.29, 0.717) is 24.7 Å². The smallest absolute Gasteiger partial charge is 0.293 e. The molecule has 1 saturated carbocycles. The molecule has 0 aromatic carbocycles. The van der Waals surface area contributed by atoms with Crippen molar-refractivity contribution in [3.63, 3.8) is 0 Å². The van der Waals surface area contributed by atoms with Gasteiger partial charge in [0.15, 0.2) is 0 Å². The molecule has 3 heteroatoms. The normalized spacial score (nSPS) is 35.0. The highest BCUT2D eigenvalue weighted by Gasteiger charge is 2.32. The highest BCUT2D eigenvalue weighted by molar-refractivity contribution is 5.84. The van der Waals surface area contributed by atoms with Crippen molar-refractivity contribution in [3.8, 4) is 0 Å². The van der Waals surface area contributed by atoms with Crippen LogP contribution in [-0.2, 0) is 4.79 Å². The predicted octanol–water partition coefficient (Wildman–Crippen LogP) is 2.89. The van der Waals surface area contributed by atoms with Gasteiger partial charge in [-0.1, -0.05) is 13.8 Å². The van der Waals surface area contributed by atoms with Gasteiger partial charge in [-0.3, -0.25) is 4.79 Å². The third-order valence-corrected chi connectivity index (χ3v) is 2.80. The SMILES string of the molecule is CC1CC(C)CC(C(=O)C(F)F)C1. The van der Waals surface area contributed by atoms with Crippen LogP contribution < -0.4 is 0 Å². The van der Waals surface area contributed by atoms with E-state index in [1.807, 2.05) is 13.8 Å². The molecular formula is C10H16F2O. The first-order valence-corrected chi connectivity index (χ1v) is 4.82. The maximum absolute atomic E-state index is 12.1. The average molecular weight is 190 g/mol. The second kappa shape index (κ2) is 4.16. The van der Waals surface area contributed by atoms with Gasteiger partial charge in [0.2, 0.25) is 5.78 Å². The highest BCUT2D eigenvalue weighted by atomic mass is 19.3. The van der Waals surface area contributed by atoms with Gasteiger partial charge in [-0.25, -0.2) is 8.78 Å². The Hall–Kier alpha value is -0.470. The van der Waals surface area contributed by atoms with Gasteiger partial charge in [-0.15, -0.1) is 0 Å². The summed E-state index contributed by atoms with van der Waals surface area (Å²) in [7, 11) is 0. The van der Waals surface area contributed by atoms with Gasteiger partial charge in [0.05, 0.1) is 0 Å². The summed E-state index contributed by atoms with van der Waals surface area (Å²) in [6.07, 6.45) is -0.420. The van der Waals surface area contributed by atoms with Crippen molar-refractivity contribution in [2.45, 2.75) is 39.5 Å². The Morgan fingerprint density at radius 1 is 1.15 bits per heavy atom. The molecule has 0 saturated heterocycles. The number of hydrogen-bond donors (Lipinski definition) is 0. The lowest BCUT2D eigenvalue weighted by molar-refractivity contribution is -0.135. The molecule has 0 aromatic heterocycles. The van der Waals surface area contributed by atoms with Gasteiger partial charge in [0.1, 0.15) is 0 Å². The van der Waals surface area contributed by atoms with Gasteiger partial charge in [-0.2, -0.15) is 0 Å². The Labute approximate surface area is 77.5 Å². The molecule has 0 spiro atoms. The summed E-state index contributed by atoms with van der Waals surface area (Å²) in [5.74, 6) is -0.412. The summed E-state index contributed by atoms with van der Waals surface area (Å²) in [6, 6.07) is 0. The highest BCUT2D eigenvalue weighted by Crippen LogP contribution is 2.34. The van der Waals surface area contributed by atoms with Crippen molar-refractivity contribution in [2.75, 3.05) is 0 Å². The molecule has 1 rings (SSSR count). The van der Waals surface area contributed by atoms with Crippen LogP contribution in [0, 0.1) is 17.8 Å². The Bertz CT molecular complexity index is 181. The third kappa shape index (κ3) is 2.75. The molecule has 1 aliphatic carbocycles. The van der Waals surface area contributed by atoms with Crippen molar-refractivity contribution in [1.29, 1.82) is 0 Å². The van der Waals surface area contributed by atoms with Crippen LogP contribution >= 0.6 is 0 Å². The van der Waals surface area contributed by atoms with Crippen LogP contribution in [0.25, 0.3) is 0 Å². The zero-order chi connectivity index (χ0) is 10.0. The summed E-state index contributed by atoms with van der Waals surface area (Å²) in [4.78, 5) is 11.0. The molecule has 1 nitrogen and oxygen atoms in total. The number of alkyl halides is 2. The summed E-state index contributed by atoms with van der Waals surface area (Å²) in [5.41, 5.74) is 0. The van der Waals surface area contributed by atoms with E-state index in [4.69, 9.17) is 0 Å². The second-order valence-electron chi connectivity index (χ2n) is 4.32. The first-order chi connectivity index (χ1) is 6.00. The number of ketones is 1. The Morgan fingerprint density at radius 3 is 2.00 bits per heavy atom. The molecular weight excluding hydrogens is 174 g/mol. The lowest BCUT2D eigenvalue weighted by Crippen LogP contribution is -2.29. The van der Waals surface area contributed by atoms with E-state index in [0.717, 1.165) is 6.42 Å². The van der Waals surface area contributed by atoms with Crippen LogP contribution in [0.1, 0.15) is 33.1 Å². The molecule has 1 fully saturated rings. The van der Waals surface area contributed by atoms with Gasteiger partial charge in [0.25, 0.3) is 6.43 Å². The van der Waals surface area contributed by atoms with Crippen LogP contribution in [-0.4, -0.2) is 12.2 Å². The van der Waals surface area contributed by atoms with Crippen LogP contribution in [0.4, 0.5) is 8.78 Å². The molecule has 0 radical (unpaired) electrons. The third-order valence-electron chi connectivity index (χ3n) is 2.80. The molecule has 76 valence electrons. The number of halogens is 2. The Kier molecular flexibility index (Phi) is 3.40. The minimum absolute atomic E-state index is 0.390. The second-order valence-corrected chi connectivity index (χ2v) is 4.32. The maximum atomic E-state index is 12.1. The number of Topliss-reactive ketones (excluding diaryl/α,β-unsaturated/α-hetero) is 1. The first kappa shape index (κ1) is 10.6. The lowest BCUT2D eigenvalue weighted by Gasteiger charge is -2.30. The fourth-order valence-electron chi connectivity index (χ4n) is 2.36. The van der Waals surface area contributed by atoms with Crippen molar-refractivity contribution in [1.82, 2.24) is 0 Å². The summed E-state index contributed by atoms with van der Waals surface area (Å²) >= 11 is 0. The summed E-state index contributed by atoms with van der Waals surface area (Å²) < 4.78 is 24.2. The molecule has 13 heavy (non-hydrogen) atoms. The number of hydrogen-bond acceptors (Lipinski definition) is 1. The van der Waals surface area contributed by atoms with E-state index in [1.165, 1.54) is 0 Å². The topological polar surface area (TPSA) is 17.1 Å². The molecule has 2 atom stereocenters. The minimum Gasteiger partial charge on any atom is -0.293 e. The van der Waals surface area contributed by atoms with Crippen LogP contribution in [0.2, 0.25) is 0 Å². The van der Waals surface area contributed by atoms with E-state index in [9.17, 15) is 13.6 Å². The van der Waals surface area contributed by atoms with Crippen LogP contribution in [0.15, 0.2) is 0 Å². The Morgan fingerprint density at radius 2 is 1.62 bits per heavy atom. The molecule has 0 heterocycles. The number of rotatable bonds is 2. The van der Waals surface area contributed by atoms with Gasteiger partial charge in [-0.05, 0) is 31.1 Å². The van der Waals surface area contributed by atoms with E-state index in [-0.39, 0.29) is 0 Å². The maximum Gasteiger partial charge on any atom is 0.296 e. The molecule has 0 aromatic rings. The van der Waals surface area contributed by atoms with Crippen molar-refractivity contribution in [3.05, 3.63) is 0 Å². The molecule has 0 amide bonds. The first-order valence-electron chi connectivity index (χ1n) is 4.82. The zero-order valence-corrected chi connectivity index (χ0v) is 8.09. The standard InChI is InChI=1S/C10H16F2O/c1-6-3-7(2)5-8(4-6)9(13)10(11)12/h6-8,10H,3-5H2,1-2H3. The summed E-state index contributed by atoms with van der Waals surface area (Å²) in [6.45, 7) is 4.06. The fourth-order valence-corrected chi connectivity index (χ4v) is 2.36. The van der Waals surface area contributed by atoms with Crippen molar-refractivity contribution < 1.29 is 13.6 Å². The van der Waals surface area contributed by atoms with E-state index < -0.39 is 18.1 Å². The molecule has 0 bridgehead atoms. The van der Waals surface area contributed by atoms with Gasteiger partial charge < -0.3 is 0 Å². The molecule has 0 N–H and O–H groups in total. The minimum atomic E-state index is -2.78. The van der Waals surface area contributed by atoms with Crippen molar-refractivity contribution >= 4 is 5.78 Å². The van der Waals surface area contributed by atoms with E-state index in [2.05, 4.69) is 0 Å². The quantitative estimate of drug-likeness (QED) is 0.654. The van der Waals surface area contributed by atoms with Gasteiger partial charge >= 0.3 is 0 Å². The fraction of sp³-hybridized carbons (Fsp3) is 0.900. The molecule has 2 unspecified atom stereocenters. The molecule has 1 aliphatic rings. The predicted molar refractivity (Wildman–Crippen MR) is 46.7 cm³/mol. The summed E-state index contributed by atoms with van der Waals surface area (Å²) in [5, 5.41) is 0. The zero-order valence-electron chi connectivity index (χ0n) is 8.09. The van der Waals surface area contributed by atoms with E-state index in [1.54, 1.807) is 0 Å². The number of carbonyl (C=O) groups is 1. The molecule has 0 aliphatic heterocycles. The Balaban J connectivity index is 2.55. The van der Waals surface area contributed by atoms with Crippen LogP contribution in [0.3, 0.4) is 0 Å². The van der Waals surface area contributed by atoms with Crippen molar-refractivity contribution in [2.24, 2.45) is 17.8 Å². The average Bonchev–Trinajstić information content (AvgIpc) is 2.01.